The Morgan fingerprint density at radius 3 is 2.33 bits per heavy atom. The number of nitrogens with zero attached hydrogens (tertiary/aromatic N) is 1. The zero-order valence-corrected chi connectivity index (χ0v) is 13.4. The number of hydrogen-bond acceptors (Lipinski definition) is 3. The number of aromatic nitrogens is 1. The van der Waals surface area contributed by atoms with Gasteiger partial charge in [0, 0.05) is 21.7 Å². The van der Waals surface area contributed by atoms with E-state index in [4.69, 9.17) is 11.6 Å². The molecule has 1 heterocycles. The molecule has 1 N–H and O–H groups in total. The van der Waals surface area contributed by atoms with Gasteiger partial charge in [-0.1, -0.05) is 29.8 Å². The summed E-state index contributed by atoms with van der Waals surface area (Å²) in [6.07, 6.45) is 0. The fraction of sp³-hybridized carbons (Fsp3) is 0.118. The van der Waals surface area contributed by atoms with Crippen LogP contribution in [0.1, 0.15) is 11.1 Å². The standard InChI is InChI=1S/C17H15ClN2S/c1-11-7-12(2)9-15(8-11)19-17-20-16(10-21-17)13-3-5-14(18)6-4-13/h3-10H,1-2H3,(H,19,20). The van der Waals surface area contributed by atoms with E-state index in [1.807, 2.05) is 29.6 Å². The second-order valence-electron chi connectivity index (χ2n) is 5.05. The Morgan fingerprint density at radius 1 is 1.00 bits per heavy atom. The van der Waals surface area contributed by atoms with Crippen LogP contribution in [0.5, 0.6) is 0 Å². The molecule has 0 spiro atoms. The maximum atomic E-state index is 5.91. The first kappa shape index (κ1) is 14.1. The molecule has 21 heavy (non-hydrogen) atoms. The molecule has 0 aliphatic heterocycles. The summed E-state index contributed by atoms with van der Waals surface area (Å²) in [6.45, 7) is 4.19. The number of nitrogens with one attached hydrogen (secondary N) is 1. The van der Waals surface area contributed by atoms with Gasteiger partial charge in [-0.15, -0.1) is 11.3 Å². The molecule has 0 atom stereocenters. The van der Waals surface area contributed by atoms with Crippen LogP contribution in [-0.2, 0) is 0 Å². The van der Waals surface area contributed by atoms with E-state index < -0.39 is 0 Å². The molecule has 2 nitrogen and oxygen atoms in total. The first-order valence-corrected chi connectivity index (χ1v) is 7.93. The Hall–Kier alpha value is -1.84. The molecule has 0 aliphatic rings. The van der Waals surface area contributed by atoms with Crippen LogP contribution in [0.3, 0.4) is 0 Å². The van der Waals surface area contributed by atoms with E-state index >= 15 is 0 Å². The molecule has 3 rings (SSSR count). The summed E-state index contributed by atoms with van der Waals surface area (Å²) in [5.74, 6) is 0. The molecule has 3 aromatic rings. The Labute approximate surface area is 133 Å². The Morgan fingerprint density at radius 2 is 1.67 bits per heavy atom. The molecular weight excluding hydrogens is 300 g/mol. The van der Waals surface area contributed by atoms with Crippen LogP contribution >= 0.6 is 22.9 Å². The van der Waals surface area contributed by atoms with Crippen LogP contribution in [0, 0.1) is 13.8 Å². The third-order valence-corrected chi connectivity index (χ3v) is 4.13. The van der Waals surface area contributed by atoms with Crippen molar-refractivity contribution in [3.8, 4) is 11.3 Å². The lowest BCUT2D eigenvalue weighted by Crippen LogP contribution is -1.91. The molecule has 0 radical (unpaired) electrons. The van der Waals surface area contributed by atoms with Gasteiger partial charge < -0.3 is 5.32 Å². The predicted molar refractivity (Wildman–Crippen MR) is 91.8 cm³/mol. The largest absolute Gasteiger partial charge is 0.332 e. The minimum atomic E-state index is 0.738. The molecule has 0 saturated heterocycles. The maximum absolute atomic E-state index is 5.91. The highest BCUT2D eigenvalue weighted by Crippen LogP contribution is 2.28. The highest BCUT2D eigenvalue weighted by atomic mass is 35.5. The number of halogens is 1. The third kappa shape index (κ3) is 3.43. The van der Waals surface area contributed by atoms with Crippen molar-refractivity contribution < 1.29 is 0 Å². The molecule has 4 heteroatoms. The van der Waals surface area contributed by atoms with Gasteiger partial charge in [0.05, 0.1) is 5.69 Å². The summed E-state index contributed by atoms with van der Waals surface area (Å²) in [5, 5.41) is 7.05. The minimum Gasteiger partial charge on any atom is -0.332 e. The lowest BCUT2D eigenvalue weighted by molar-refractivity contribution is 1.35. The van der Waals surface area contributed by atoms with Crippen molar-refractivity contribution in [2.75, 3.05) is 5.32 Å². The number of hydrogen-bond donors (Lipinski definition) is 1. The van der Waals surface area contributed by atoms with Crippen molar-refractivity contribution in [3.05, 3.63) is 64.0 Å². The average Bonchev–Trinajstić information content (AvgIpc) is 2.87. The van der Waals surface area contributed by atoms with E-state index in [9.17, 15) is 0 Å². The molecule has 1 aromatic heterocycles. The number of rotatable bonds is 3. The average molecular weight is 315 g/mol. The molecule has 0 bridgehead atoms. The number of thiazole rings is 1. The van der Waals surface area contributed by atoms with Gasteiger partial charge in [-0.3, -0.25) is 0 Å². The van der Waals surface area contributed by atoms with E-state index in [0.29, 0.717) is 0 Å². The summed E-state index contributed by atoms with van der Waals surface area (Å²) in [6, 6.07) is 14.1. The zero-order valence-electron chi connectivity index (χ0n) is 11.9. The highest BCUT2D eigenvalue weighted by Gasteiger charge is 2.05. The summed E-state index contributed by atoms with van der Waals surface area (Å²) in [5.41, 5.74) is 5.59. The zero-order chi connectivity index (χ0) is 14.8. The van der Waals surface area contributed by atoms with Crippen LogP contribution in [0.25, 0.3) is 11.3 Å². The molecule has 106 valence electrons. The fourth-order valence-electron chi connectivity index (χ4n) is 2.25. The van der Waals surface area contributed by atoms with Crippen LogP contribution in [0.2, 0.25) is 5.02 Å². The molecule has 0 saturated carbocycles. The van der Waals surface area contributed by atoms with E-state index in [1.165, 1.54) is 11.1 Å². The van der Waals surface area contributed by atoms with E-state index in [2.05, 4.69) is 42.3 Å². The fourth-order valence-corrected chi connectivity index (χ4v) is 3.12. The minimum absolute atomic E-state index is 0.738. The van der Waals surface area contributed by atoms with E-state index in [0.717, 1.165) is 27.1 Å². The lowest BCUT2D eigenvalue weighted by Gasteiger charge is -2.05. The molecule has 0 unspecified atom stereocenters. The van der Waals surface area contributed by atoms with Gasteiger partial charge in [0.1, 0.15) is 0 Å². The summed E-state index contributed by atoms with van der Waals surface area (Å²) in [4.78, 5) is 4.63. The van der Waals surface area contributed by atoms with E-state index in [-0.39, 0.29) is 0 Å². The highest BCUT2D eigenvalue weighted by molar-refractivity contribution is 7.14. The Bertz CT molecular complexity index is 742. The smallest absolute Gasteiger partial charge is 0.187 e. The van der Waals surface area contributed by atoms with Crippen molar-refractivity contribution in [2.24, 2.45) is 0 Å². The Kier molecular flexibility index (Phi) is 3.95. The first-order chi connectivity index (χ1) is 10.1. The van der Waals surface area contributed by atoms with Crippen LogP contribution in [0.15, 0.2) is 47.8 Å². The van der Waals surface area contributed by atoms with Gasteiger partial charge in [0.25, 0.3) is 0 Å². The second-order valence-corrected chi connectivity index (χ2v) is 6.34. The van der Waals surface area contributed by atoms with Gasteiger partial charge in [-0.25, -0.2) is 4.98 Å². The molecular formula is C17H15ClN2S. The molecule has 0 amide bonds. The maximum Gasteiger partial charge on any atom is 0.187 e. The predicted octanol–water partition coefficient (Wildman–Crippen LogP) is 5.82. The van der Waals surface area contributed by atoms with Crippen LogP contribution in [-0.4, -0.2) is 4.98 Å². The number of benzene rings is 2. The van der Waals surface area contributed by atoms with Crippen LogP contribution < -0.4 is 5.32 Å². The normalized spacial score (nSPS) is 10.6. The van der Waals surface area contributed by atoms with Crippen molar-refractivity contribution >= 4 is 33.8 Å². The number of aryl methyl sites for hydroxylation is 2. The quantitative estimate of drug-likeness (QED) is 0.658. The lowest BCUT2D eigenvalue weighted by atomic mass is 10.1. The summed E-state index contributed by atoms with van der Waals surface area (Å²) in [7, 11) is 0. The van der Waals surface area contributed by atoms with Gasteiger partial charge in [-0.05, 0) is 49.2 Å². The topological polar surface area (TPSA) is 24.9 Å². The van der Waals surface area contributed by atoms with E-state index in [1.54, 1.807) is 11.3 Å². The Balaban J connectivity index is 1.83. The van der Waals surface area contributed by atoms with Gasteiger partial charge >= 0.3 is 0 Å². The van der Waals surface area contributed by atoms with Crippen molar-refractivity contribution in [2.45, 2.75) is 13.8 Å². The molecule has 0 fully saturated rings. The number of anilines is 2. The van der Waals surface area contributed by atoms with Gasteiger partial charge in [-0.2, -0.15) is 0 Å². The van der Waals surface area contributed by atoms with Crippen LogP contribution in [0.4, 0.5) is 10.8 Å². The van der Waals surface area contributed by atoms with Crippen molar-refractivity contribution in [1.82, 2.24) is 4.98 Å². The van der Waals surface area contributed by atoms with Gasteiger partial charge in [0.2, 0.25) is 0 Å². The summed E-state index contributed by atoms with van der Waals surface area (Å²) >= 11 is 7.51. The SMILES string of the molecule is Cc1cc(C)cc(Nc2nc(-c3ccc(Cl)cc3)cs2)c1. The van der Waals surface area contributed by atoms with Crippen molar-refractivity contribution in [1.29, 1.82) is 0 Å². The summed E-state index contributed by atoms with van der Waals surface area (Å²) < 4.78 is 0. The van der Waals surface area contributed by atoms with Crippen molar-refractivity contribution in [3.63, 3.8) is 0 Å². The first-order valence-electron chi connectivity index (χ1n) is 6.67. The monoisotopic (exact) mass is 314 g/mol. The molecule has 2 aromatic carbocycles. The van der Waals surface area contributed by atoms with Gasteiger partial charge in [0.15, 0.2) is 5.13 Å². The second kappa shape index (κ2) is 5.88. The third-order valence-electron chi connectivity index (χ3n) is 3.12. The molecule has 0 aliphatic carbocycles.